The Kier molecular flexibility index (Phi) is 24.7. The molecule has 7 aromatic rings. The van der Waals surface area contributed by atoms with E-state index in [1.165, 1.54) is 53.2 Å². The van der Waals surface area contributed by atoms with Gasteiger partial charge in [-0.25, -0.2) is 29.9 Å². The van der Waals surface area contributed by atoms with Crippen LogP contribution in [0.2, 0.25) is 0 Å². The van der Waals surface area contributed by atoms with Gasteiger partial charge < -0.3 is 47.4 Å². The van der Waals surface area contributed by atoms with Gasteiger partial charge in [-0.15, -0.1) is 34.0 Å². The van der Waals surface area contributed by atoms with Crippen molar-refractivity contribution >= 4 is 123 Å². The maximum Gasteiger partial charge on any atom is 0.258 e. The molecule has 91 heavy (non-hydrogen) atoms. The molecule has 0 bridgehead atoms. The van der Waals surface area contributed by atoms with Gasteiger partial charge in [0.05, 0.1) is 45.3 Å². The van der Waals surface area contributed by atoms with Crippen molar-refractivity contribution in [2.75, 3.05) is 146 Å². The first kappa shape index (κ1) is 69.2. The van der Waals surface area contributed by atoms with Crippen molar-refractivity contribution in [3.63, 3.8) is 0 Å². The third-order valence-corrected chi connectivity index (χ3v) is 19.8. The Hall–Kier alpha value is -7.73. The Bertz CT molecular complexity index is 3650. The Morgan fingerprint density at radius 1 is 0.516 bits per heavy atom. The fourth-order valence-electron chi connectivity index (χ4n) is 11.0. The van der Waals surface area contributed by atoms with Crippen LogP contribution in [0, 0.1) is 11.3 Å². The lowest BCUT2D eigenvalue weighted by Crippen LogP contribution is -2.49. The monoisotopic (exact) mass is 1300 g/mol. The zero-order valence-corrected chi connectivity index (χ0v) is 54.4. The van der Waals surface area contributed by atoms with Crippen LogP contribution in [0.4, 0.5) is 17.5 Å². The number of hydrogen-bond donors (Lipinski definition) is 6. The van der Waals surface area contributed by atoms with Crippen molar-refractivity contribution in [3.05, 3.63) is 87.2 Å². The Labute approximate surface area is 543 Å². The lowest BCUT2D eigenvalue weighted by Gasteiger charge is -2.35. The number of aromatic nitrogens is 6. The topological polar surface area (TPSA) is 316 Å². The molecule has 3 saturated heterocycles. The van der Waals surface area contributed by atoms with Crippen molar-refractivity contribution in [1.29, 1.82) is 0 Å². The summed E-state index contributed by atoms with van der Waals surface area (Å²) in [6.07, 6.45) is 9.14. The molecule has 4 aliphatic rings. The average molecular weight is 1300 g/mol. The van der Waals surface area contributed by atoms with Gasteiger partial charge in [0.25, 0.3) is 17.7 Å². The zero-order valence-electron chi connectivity index (χ0n) is 51.9. The predicted molar refractivity (Wildman–Crippen MR) is 361 cm³/mol. The standard InChI is InChI=1S/C24H29N7O3S.C20H27N5O2S.C18H26N6O2S.CH4/c1-16(32)20-14-19-21(35-20)22(29-15-28-19)31-11-9-30(10-12-31)8-7-27-24(34)18-4-2-3-17(13-18)23(33)26-6-5-25;1-14(26)17-12-16-18(28-17)19(23-13-22-16)25-10-8-24(9-11-25)7-6-21-20(27)15-4-2-3-5-15;1-18(2,3)17(26)20-4-5-23-6-8-24(9-7-23)16-14-12(21-11-22-16)10-13(27-14)15(19)25;/h2-4,13-15H,5-12,25H2,1H3,(H,26,33)(H,27,34);12-13,15H,2-11H2,1H3,(H,21,27);10-11H,4-9H2,1-3H3,(H2,19,25)(H,20,26);1H4. The lowest BCUT2D eigenvalue weighted by atomic mass is 9.96. The summed E-state index contributed by atoms with van der Waals surface area (Å²) in [6.45, 7) is 24.3. The fourth-order valence-corrected chi connectivity index (χ4v) is 14.0. The van der Waals surface area contributed by atoms with Crippen LogP contribution < -0.4 is 47.4 Å². The van der Waals surface area contributed by atoms with Crippen molar-refractivity contribution in [2.24, 2.45) is 22.8 Å². The fraction of sp³-hybridized carbons (Fsp3) is 0.508. The number of ketones is 2. The summed E-state index contributed by atoms with van der Waals surface area (Å²) in [5, 5.41) is 11.7. The van der Waals surface area contributed by atoms with E-state index in [-0.39, 0.29) is 54.0 Å². The summed E-state index contributed by atoms with van der Waals surface area (Å²) in [6, 6.07) is 12.1. The maximum atomic E-state index is 12.6. The van der Waals surface area contributed by atoms with Gasteiger partial charge in [0, 0.05) is 153 Å². The molecule has 0 spiro atoms. The van der Waals surface area contributed by atoms with Gasteiger partial charge in [0.15, 0.2) is 11.6 Å². The van der Waals surface area contributed by atoms with Crippen molar-refractivity contribution in [1.82, 2.24) is 65.9 Å². The normalized spacial score (nSPS) is 15.9. The molecule has 9 heterocycles. The molecule has 5 amide bonds. The summed E-state index contributed by atoms with van der Waals surface area (Å²) >= 11 is 4.26. The molecule has 0 atom stereocenters. The number of Topliss-reactive ketones (excluding diaryl/α,β-unsaturated/α-hetero) is 2. The number of nitrogens with one attached hydrogen (secondary N) is 4. The maximum absolute atomic E-state index is 12.6. The molecule has 1 aromatic carbocycles. The Balaban J connectivity index is 0.000000177. The molecule has 3 aliphatic heterocycles. The van der Waals surface area contributed by atoms with E-state index >= 15 is 0 Å². The molecule has 1 aliphatic carbocycles. The third-order valence-electron chi connectivity index (χ3n) is 16.2. The highest BCUT2D eigenvalue weighted by atomic mass is 32.1. The van der Waals surface area contributed by atoms with E-state index in [1.54, 1.807) is 56.8 Å². The Morgan fingerprint density at radius 3 is 1.27 bits per heavy atom. The molecule has 25 nitrogen and oxygen atoms in total. The molecular formula is C63H86N18O7S3. The minimum absolute atomic E-state index is 0. The number of nitrogens with zero attached hydrogens (tertiary/aromatic N) is 12. The quantitative estimate of drug-likeness (QED) is 0.0536. The van der Waals surface area contributed by atoms with Crippen molar-refractivity contribution in [2.45, 2.75) is 67.7 Å². The molecule has 1 saturated carbocycles. The number of carbonyl (C=O) groups excluding carboxylic acids is 7. The number of nitrogens with two attached hydrogens (primary N) is 2. The Morgan fingerprint density at radius 2 is 0.890 bits per heavy atom. The molecule has 28 heteroatoms. The summed E-state index contributed by atoms with van der Waals surface area (Å²) in [7, 11) is 0. The van der Waals surface area contributed by atoms with Crippen LogP contribution >= 0.6 is 34.0 Å². The number of benzene rings is 1. The SMILES string of the molecule is C.CC(=O)c1cc2ncnc(N3CCN(CCNC(=O)C4CCCC4)CC3)c2s1.CC(=O)c1cc2ncnc(N3CCN(CCNC(=O)c4cccc(C(=O)NCCN)c4)CC3)c2s1.CC(C)(C)C(=O)NCCN1CCN(c2ncnc3cc(C(N)=O)sc23)CC1. The third kappa shape index (κ3) is 18.5. The highest BCUT2D eigenvalue weighted by Gasteiger charge is 2.28. The van der Waals surface area contributed by atoms with Gasteiger partial charge in [-0.05, 0) is 63.1 Å². The van der Waals surface area contributed by atoms with Crippen LogP contribution in [0.5, 0.6) is 0 Å². The molecule has 6 aromatic heterocycles. The minimum atomic E-state index is -0.439. The lowest BCUT2D eigenvalue weighted by molar-refractivity contribution is -0.128. The van der Waals surface area contributed by atoms with E-state index in [4.69, 9.17) is 11.5 Å². The number of carbonyl (C=O) groups is 7. The van der Waals surface area contributed by atoms with E-state index in [1.807, 2.05) is 32.9 Å². The molecular weight excluding hydrogens is 1220 g/mol. The van der Waals surface area contributed by atoms with Gasteiger partial charge in [0.1, 0.15) is 36.4 Å². The van der Waals surface area contributed by atoms with Crippen molar-refractivity contribution in [3.8, 4) is 0 Å². The van der Waals surface area contributed by atoms with Gasteiger partial charge in [0.2, 0.25) is 11.8 Å². The summed E-state index contributed by atoms with van der Waals surface area (Å²) < 4.78 is 2.83. The first-order chi connectivity index (χ1) is 43.3. The van der Waals surface area contributed by atoms with E-state index in [2.05, 4.69) is 80.6 Å². The van der Waals surface area contributed by atoms with Crippen LogP contribution in [0.25, 0.3) is 30.6 Å². The predicted octanol–water partition coefficient (Wildman–Crippen LogP) is 5.17. The minimum Gasteiger partial charge on any atom is -0.365 e. The number of anilines is 3. The summed E-state index contributed by atoms with van der Waals surface area (Å²) in [5.74, 6) is 2.42. The number of amides is 5. The van der Waals surface area contributed by atoms with Gasteiger partial charge >= 0.3 is 0 Å². The van der Waals surface area contributed by atoms with Crippen LogP contribution in [-0.2, 0) is 9.59 Å². The first-order valence-electron chi connectivity index (χ1n) is 30.7. The number of primary amides is 1. The number of thiophene rings is 3. The molecule has 11 rings (SSSR count). The van der Waals surface area contributed by atoms with E-state index in [0.29, 0.717) is 47.1 Å². The number of hydrogen-bond acceptors (Lipinski definition) is 23. The summed E-state index contributed by atoms with van der Waals surface area (Å²) in [4.78, 5) is 126. The number of rotatable bonds is 20. The second kappa shape index (κ2) is 32.5. The number of piperazine rings is 3. The molecule has 4 fully saturated rings. The first-order valence-corrected chi connectivity index (χ1v) is 33.2. The van der Waals surface area contributed by atoms with Crippen LogP contribution in [0.3, 0.4) is 0 Å². The van der Waals surface area contributed by atoms with Gasteiger partial charge in [-0.1, -0.05) is 47.1 Å². The summed E-state index contributed by atoms with van der Waals surface area (Å²) in [5.41, 5.74) is 13.7. The molecule has 8 N–H and O–H groups in total. The van der Waals surface area contributed by atoms with Crippen LogP contribution in [0.1, 0.15) is 117 Å². The second-order valence-corrected chi connectivity index (χ2v) is 26.8. The zero-order chi connectivity index (χ0) is 63.9. The van der Waals surface area contributed by atoms with E-state index < -0.39 is 5.91 Å². The smallest absolute Gasteiger partial charge is 0.258 e. The highest BCUT2D eigenvalue weighted by Crippen LogP contribution is 2.35. The largest absolute Gasteiger partial charge is 0.365 e. The van der Waals surface area contributed by atoms with Gasteiger partial charge in [-0.2, -0.15) is 0 Å². The second-order valence-electron chi connectivity index (χ2n) is 23.7. The average Bonchev–Trinajstić information content (AvgIpc) is 1.95. The van der Waals surface area contributed by atoms with Crippen molar-refractivity contribution < 1.29 is 33.6 Å². The van der Waals surface area contributed by atoms with Crippen LogP contribution in [0.15, 0.2) is 61.4 Å². The number of fused-ring (bicyclic) bond motifs is 3. The highest BCUT2D eigenvalue weighted by molar-refractivity contribution is 7.22. The van der Waals surface area contributed by atoms with E-state index in [9.17, 15) is 33.6 Å². The van der Waals surface area contributed by atoms with E-state index in [0.717, 1.165) is 171 Å². The van der Waals surface area contributed by atoms with Gasteiger partial charge in [-0.3, -0.25) is 48.3 Å². The molecule has 0 radical (unpaired) electrons. The molecule has 488 valence electrons. The van der Waals surface area contributed by atoms with Crippen LogP contribution in [-0.4, -0.2) is 217 Å². The molecule has 0 unspecified atom stereocenters.